The SMILES string of the molecule is N#Cc1c(-c2c(N)[nH][nH]c2=O)c2cc(Br)cc(Br)c2oc1=N. The molecule has 2 aromatic heterocycles. The van der Waals surface area contributed by atoms with Crippen molar-refractivity contribution in [2.45, 2.75) is 0 Å². The largest absolute Gasteiger partial charge is 0.436 e. The molecule has 0 aliphatic carbocycles. The molecule has 0 aliphatic rings. The number of nitrogens with one attached hydrogen (secondary N) is 3. The van der Waals surface area contributed by atoms with Gasteiger partial charge in [0.05, 0.1) is 10.0 Å². The van der Waals surface area contributed by atoms with E-state index in [0.717, 1.165) is 4.47 Å². The minimum atomic E-state index is -0.475. The third kappa shape index (κ3) is 2.08. The monoisotopic (exact) mass is 423 g/mol. The molecule has 7 nitrogen and oxygen atoms in total. The van der Waals surface area contributed by atoms with E-state index in [1.807, 2.05) is 6.07 Å². The minimum Gasteiger partial charge on any atom is -0.436 e. The van der Waals surface area contributed by atoms with Crippen LogP contribution < -0.4 is 16.8 Å². The number of H-pyrrole nitrogens is 2. The number of aromatic nitrogens is 2. The van der Waals surface area contributed by atoms with Gasteiger partial charge in [0, 0.05) is 15.4 Å². The number of anilines is 1. The molecule has 0 amide bonds. The first-order valence-corrected chi connectivity index (χ1v) is 7.49. The Kier molecular flexibility index (Phi) is 3.42. The van der Waals surface area contributed by atoms with Gasteiger partial charge in [-0.05, 0) is 28.1 Å². The molecule has 0 atom stereocenters. The highest BCUT2D eigenvalue weighted by Crippen LogP contribution is 2.36. The summed E-state index contributed by atoms with van der Waals surface area (Å²) in [7, 11) is 0. The molecule has 5 N–H and O–H groups in total. The Labute approximate surface area is 139 Å². The fraction of sp³-hybridized carbons (Fsp3) is 0. The third-order valence-corrected chi connectivity index (χ3v) is 4.17. The highest BCUT2D eigenvalue weighted by molar-refractivity contribution is 9.11. The summed E-state index contributed by atoms with van der Waals surface area (Å²) in [4.78, 5) is 12.0. The van der Waals surface area contributed by atoms with Gasteiger partial charge in [-0.15, -0.1) is 0 Å². The molecule has 2 heterocycles. The smallest absolute Gasteiger partial charge is 0.274 e. The van der Waals surface area contributed by atoms with E-state index in [-0.39, 0.29) is 28.1 Å². The predicted molar refractivity (Wildman–Crippen MR) is 87.0 cm³/mol. The number of nitrogen functional groups attached to an aromatic ring is 1. The lowest BCUT2D eigenvalue weighted by molar-refractivity contribution is 0.529. The van der Waals surface area contributed by atoms with Crippen LogP contribution in [0.2, 0.25) is 0 Å². The van der Waals surface area contributed by atoms with Crippen LogP contribution in [0.4, 0.5) is 5.82 Å². The second kappa shape index (κ2) is 5.15. The second-order valence-electron chi connectivity index (χ2n) is 4.43. The number of aromatic amines is 2. The number of rotatable bonds is 1. The van der Waals surface area contributed by atoms with Crippen LogP contribution in [0.15, 0.2) is 30.3 Å². The molecule has 0 saturated carbocycles. The summed E-state index contributed by atoms with van der Waals surface area (Å²) in [6.07, 6.45) is 0. The first-order valence-electron chi connectivity index (χ1n) is 5.91. The van der Waals surface area contributed by atoms with Crippen LogP contribution in [-0.4, -0.2) is 10.2 Å². The van der Waals surface area contributed by atoms with E-state index in [1.165, 1.54) is 0 Å². The summed E-state index contributed by atoms with van der Waals surface area (Å²) in [5.41, 5.74) is 5.64. The minimum absolute atomic E-state index is 0.0608. The molecule has 3 aromatic rings. The summed E-state index contributed by atoms with van der Waals surface area (Å²) in [6.45, 7) is 0. The van der Waals surface area contributed by atoms with Crippen molar-refractivity contribution in [3.05, 3.63) is 42.5 Å². The van der Waals surface area contributed by atoms with E-state index >= 15 is 0 Å². The van der Waals surface area contributed by atoms with Crippen LogP contribution >= 0.6 is 31.9 Å². The Morgan fingerprint density at radius 1 is 1.27 bits per heavy atom. The zero-order chi connectivity index (χ0) is 16.0. The predicted octanol–water partition coefficient (Wildman–Crippen LogP) is 2.57. The average Bonchev–Trinajstić information content (AvgIpc) is 2.78. The van der Waals surface area contributed by atoms with Gasteiger partial charge < -0.3 is 10.2 Å². The van der Waals surface area contributed by atoms with Crippen LogP contribution in [0.5, 0.6) is 0 Å². The number of hydrogen-bond acceptors (Lipinski definition) is 5. The van der Waals surface area contributed by atoms with Crippen LogP contribution in [-0.2, 0) is 0 Å². The summed E-state index contributed by atoms with van der Waals surface area (Å²) in [5.74, 6) is 0.0875. The molecule has 0 bridgehead atoms. The van der Waals surface area contributed by atoms with Crippen molar-refractivity contribution in [2.24, 2.45) is 0 Å². The Morgan fingerprint density at radius 3 is 2.59 bits per heavy atom. The molecule has 3 rings (SSSR count). The Morgan fingerprint density at radius 2 is 2.00 bits per heavy atom. The third-order valence-electron chi connectivity index (χ3n) is 3.13. The van der Waals surface area contributed by atoms with Crippen molar-refractivity contribution in [3.63, 3.8) is 0 Å². The van der Waals surface area contributed by atoms with Crippen molar-refractivity contribution in [3.8, 4) is 17.2 Å². The zero-order valence-electron chi connectivity index (χ0n) is 10.8. The Bertz CT molecular complexity index is 1070. The quantitative estimate of drug-likeness (QED) is 0.477. The van der Waals surface area contributed by atoms with E-state index in [1.54, 1.807) is 12.1 Å². The summed E-state index contributed by atoms with van der Waals surface area (Å²) >= 11 is 6.70. The van der Waals surface area contributed by atoms with Gasteiger partial charge in [-0.25, -0.2) is 0 Å². The maximum absolute atomic E-state index is 12.0. The molecule has 0 saturated heterocycles. The standard InChI is InChI=1S/C13H7Br2N5O2/c14-4-1-5-8(9-11(17)19-20-13(9)21)6(3-16)12(18)22-10(5)7(15)2-4/h1-2,18H,(H4,17,19,20,21). The summed E-state index contributed by atoms with van der Waals surface area (Å²) in [5, 5.41) is 22.6. The maximum atomic E-state index is 12.0. The first kappa shape index (κ1) is 14.6. The molecule has 0 fully saturated rings. The lowest BCUT2D eigenvalue weighted by Gasteiger charge is -2.09. The molecule has 9 heteroatoms. The fourth-order valence-corrected chi connectivity index (χ4v) is 3.54. The topological polar surface area (TPSA) is 135 Å². The van der Waals surface area contributed by atoms with Gasteiger partial charge in [-0.2, -0.15) is 5.26 Å². The molecular weight excluding hydrogens is 418 g/mol. The zero-order valence-corrected chi connectivity index (χ0v) is 13.9. The van der Waals surface area contributed by atoms with Gasteiger partial charge in [-0.1, -0.05) is 15.9 Å². The molecule has 110 valence electrons. The lowest BCUT2D eigenvalue weighted by Crippen LogP contribution is -2.11. The van der Waals surface area contributed by atoms with E-state index in [0.29, 0.717) is 15.4 Å². The van der Waals surface area contributed by atoms with Crippen LogP contribution in [0.1, 0.15) is 5.56 Å². The molecule has 0 radical (unpaired) electrons. The molecular formula is C13H7Br2N5O2. The van der Waals surface area contributed by atoms with Crippen molar-refractivity contribution in [1.29, 1.82) is 10.7 Å². The van der Waals surface area contributed by atoms with Gasteiger partial charge in [0.25, 0.3) is 5.56 Å². The number of nitrogens with two attached hydrogens (primary N) is 1. The average molecular weight is 425 g/mol. The molecule has 0 spiro atoms. The van der Waals surface area contributed by atoms with Crippen LogP contribution in [0.25, 0.3) is 22.1 Å². The van der Waals surface area contributed by atoms with E-state index < -0.39 is 5.56 Å². The lowest BCUT2D eigenvalue weighted by atomic mass is 9.99. The molecule has 0 unspecified atom stereocenters. The molecule has 1 aromatic carbocycles. The van der Waals surface area contributed by atoms with Crippen LogP contribution in [0.3, 0.4) is 0 Å². The highest BCUT2D eigenvalue weighted by atomic mass is 79.9. The van der Waals surface area contributed by atoms with Crippen molar-refractivity contribution in [2.75, 3.05) is 5.73 Å². The number of benzene rings is 1. The number of fused-ring (bicyclic) bond motifs is 1. The molecule has 22 heavy (non-hydrogen) atoms. The van der Waals surface area contributed by atoms with Crippen molar-refractivity contribution >= 4 is 48.6 Å². The second-order valence-corrected chi connectivity index (χ2v) is 6.20. The van der Waals surface area contributed by atoms with E-state index in [9.17, 15) is 10.1 Å². The van der Waals surface area contributed by atoms with Gasteiger partial charge in [0.1, 0.15) is 17.5 Å². The summed E-state index contributed by atoms with van der Waals surface area (Å²) in [6, 6.07) is 5.34. The van der Waals surface area contributed by atoms with Gasteiger partial charge in [0.2, 0.25) is 5.55 Å². The number of hydrogen-bond donors (Lipinski definition) is 4. The molecule has 0 aliphatic heterocycles. The Hall–Kier alpha value is -2.31. The Balaban J connectivity index is 2.66. The van der Waals surface area contributed by atoms with Gasteiger partial charge in [-0.3, -0.25) is 20.4 Å². The number of nitriles is 1. The highest BCUT2D eigenvalue weighted by Gasteiger charge is 2.22. The van der Waals surface area contributed by atoms with Crippen molar-refractivity contribution in [1.82, 2.24) is 10.2 Å². The fourth-order valence-electron chi connectivity index (χ4n) is 2.24. The number of halogens is 2. The van der Waals surface area contributed by atoms with E-state index in [2.05, 4.69) is 42.1 Å². The first-order chi connectivity index (χ1) is 10.4. The van der Waals surface area contributed by atoms with Crippen LogP contribution in [0, 0.1) is 16.7 Å². The van der Waals surface area contributed by atoms with Crippen molar-refractivity contribution < 1.29 is 4.42 Å². The van der Waals surface area contributed by atoms with E-state index in [4.69, 9.17) is 15.6 Å². The van der Waals surface area contributed by atoms with Gasteiger partial charge >= 0.3 is 0 Å². The van der Waals surface area contributed by atoms with Gasteiger partial charge in [0.15, 0.2) is 5.58 Å². The summed E-state index contributed by atoms with van der Waals surface area (Å²) < 4.78 is 6.70. The maximum Gasteiger partial charge on any atom is 0.274 e. The normalized spacial score (nSPS) is 10.8. The number of nitrogens with zero attached hydrogens (tertiary/aromatic N) is 1.